The monoisotopic (exact) mass is 254 g/mol. The molecular formula is C12H18N2O2S. The van der Waals surface area contributed by atoms with Gasteiger partial charge in [-0.1, -0.05) is 0 Å². The average Bonchev–Trinajstić information content (AvgIpc) is 2.77. The number of rotatable bonds is 4. The van der Waals surface area contributed by atoms with Crippen LogP contribution in [-0.2, 0) is 4.74 Å². The molecule has 1 N–H and O–H groups in total. The van der Waals surface area contributed by atoms with Gasteiger partial charge in [0, 0.05) is 19.8 Å². The molecule has 1 amide bonds. The number of thiazole rings is 1. The second kappa shape index (κ2) is 6.12. The molecule has 0 aliphatic carbocycles. The Morgan fingerprint density at radius 1 is 1.71 bits per heavy atom. The molecule has 1 aliphatic heterocycles. The van der Waals surface area contributed by atoms with Gasteiger partial charge in [0.1, 0.15) is 4.88 Å². The zero-order chi connectivity index (χ0) is 12.1. The summed E-state index contributed by atoms with van der Waals surface area (Å²) in [6, 6.07) is 0. The summed E-state index contributed by atoms with van der Waals surface area (Å²) in [5, 5.41) is 2.95. The van der Waals surface area contributed by atoms with Gasteiger partial charge in [0.15, 0.2) is 0 Å². The van der Waals surface area contributed by atoms with E-state index in [1.807, 2.05) is 6.92 Å². The van der Waals surface area contributed by atoms with Crippen molar-refractivity contribution in [3.8, 4) is 0 Å². The average molecular weight is 254 g/mol. The van der Waals surface area contributed by atoms with Crippen molar-refractivity contribution < 1.29 is 9.53 Å². The Labute approximate surface area is 105 Å². The highest BCUT2D eigenvalue weighted by Crippen LogP contribution is 2.16. The minimum Gasteiger partial charge on any atom is -0.381 e. The molecule has 2 rings (SSSR count). The molecule has 1 saturated heterocycles. The van der Waals surface area contributed by atoms with Crippen LogP contribution in [-0.4, -0.2) is 30.6 Å². The molecule has 94 valence electrons. The van der Waals surface area contributed by atoms with E-state index in [9.17, 15) is 4.79 Å². The van der Waals surface area contributed by atoms with Gasteiger partial charge in [0.05, 0.1) is 11.2 Å². The van der Waals surface area contributed by atoms with Crippen molar-refractivity contribution in [2.75, 3.05) is 19.8 Å². The summed E-state index contributed by atoms with van der Waals surface area (Å²) in [4.78, 5) is 16.6. The Morgan fingerprint density at radius 3 is 3.24 bits per heavy atom. The molecule has 0 saturated carbocycles. The van der Waals surface area contributed by atoms with Crippen molar-refractivity contribution in [1.82, 2.24) is 10.3 Å². The van der Waals surface area contributed by atoms with E-state index in [1.54, 1.807) is 5.51 Å². The highest BCUT2D eigenvalue weighted by Gasteiger charge is 2.15. The maximum atomic E-state index is 11.8. The Balaban J connectivity index is 1.71. The fourth-order valence-corrected chi connectivity index (χ4v) is 2.74. The molecule has 1 unspecified atom stereocenters. The predicted molar refractivity (Wildman–Crippen MR) is 67.3 cm³/mol. The van der Waals surface area contributed by atoms with E-state index in [-0.39, 0.29) is 5.91 Å². The van der Waals surface area contributed by atoms with Crippen molar-refractivity contribution in [3.63, 3.8) is 0 Å². The fourth-order valence-electron chi connectivity index (χ4n) is 2.03. The Kier molecular flexibility index (Phi) is 4.50. The number of carbonyl (C=O) groups is 1. The summed E-state index contributed by atoms with van der Waals surface area (Å²) in [6.45, 7) is 4.32. The zero-order valence-corrected chi connectivity index (χ0v) is 10.9. The molecule has 1 aliphatic rings. The van der Waals surface area contributed by atoms with Crippen LogP contribution in [0.4, 0.5) is 0 Å². The highest BCUT2D eigenvalue weighted by atomic mass is 32.1. The van der Waals surface area contributed by atoms with E-state index >= 15 is 0 Å². The predicted octanol–water partition coefficient (Wildman–Crippen LogP) is 2.00. The summed E-state index contributed by atoms with van der Waals surface area (Å²) in [5.41, 5.74) is 2.52. The van der Waals surface area contributed by atoms with Crippen LogP contribution in [0.15, 0.2) is 5.51 Å². The maximum absolute atomic E-state index is 11.8. The van der Waals surface area contributed by atoms with Gasteiger partial charge in [-0.3, -0.25) is 4.79 Å². The third kappa shape index (κ3) is 3.51. The number of amides is 1. The molecular weight excluding hydrogens is 236 g/mol. The van der Waals surface area contributed by atoms with E-state index in [1.165, 1.54) is 17.8 Å². The highest BCUT2D eigenvalue weighted by molar-refractivity contribution is 7.11. The number of carbonyl (C=O) groups excluding carboxylic acids is 1. The van der Waals surface area contributed by atoms with Crippen LogP contribution in [0.3, 0.4) is 0 Å². The molecule has 2 heterocycles. The molecule has 0 spiro atoms. The molecule has 4 nitrogen and oxygen atoms in total. The summed E-state index contributed by atoms with van der Waals surface area (Å²) < 4.78 is 5.41. The number of aromatic nitrogens is 1. The molecule has 5 heteroatoms. The minimum absolute atomic E-state index is 0.00160. The molecule has 0 aromatic carbocycles. The number of hydrogen-bond donors (Lipinski definition) is 1. The van der Waals surface area contributed by atoms with Gasteiger partial charge in [-0.2, -0.15) is 0 Å². The Bertz CT molecular complexity index is 372. The minimum atomic E-state index is 0.00160. The Morgan fingerprint density at radius 2 is 2.59 bits per heavy atom. The SMILES string of the molecule is Cc1ncsc1C(=O)NCCC1CCCOC1. The van der Waals surface area contributed by atoms with Gasteiger partial charge in [-0.15, -0.1) is 11.3 Å². The van der Waals surface area contributed by atoms with Crippen LogP contribution in [0.5, 0.6) is 0 Å². The van der Waals surface area contributed by atoms with E-state index in [0.29, 0.717) is 5.92 Å². The molecule has 1 aromatic rings. The fraction of sp³-hybridized carbons (Fsp3) is 0.667. The van der Waals surface area contributed by atoms with Crippen molar-refractivity contribution in [2.24, 2.45) is 5.92 Å². The van der Waals surface area contributed by atoms with Gasteiger partial charge in [0.25, 0.3) is 5.91 Å². The topological polar surface area (TPSA) is 51.2 Å². The standard InChI is InChI=1S/C12H18N2O2S/c1-9-11(17-8-14-9)12(15)13-5-4-10-3-2-6-16-7-10/h8,10H,2-7H2,1H3,(H,13,15). The van der Waals surface area contributed by atoms with Crippen LogP contribution < -0.4 is 5.32 Å². The first-order valence-electron chi connectivity index (χ1n) is 6.03. The molecule has 17 heavy (non-hydrogen) atoms. The van der Waals surface area contributed by atoms with Crippen molar-refractivity contribution in [1.29, 1.82) is 0 Å². The zero-order valence-electron chi connectivity index (χ0n) is 10.1. The van der Waals surface area contributed by atoms with E-state index in [2.05, 4.69) is 10.3 Å². The first kappa shape index (κ1) is 12.5. The number of aryl methyl sites for hydroxylation is 1. The van der Waals surface area contributed by atoms with Gasteiger partial charge in [-0.05, 0) is 32.1 Å². The lowest BCUT2D eigenvalue weighted by Gasteiger charge is -2.21. The molecule has 1 atom stereocenters. The van der Waals surface area contributed by atoms with Gasteiger partial charge < -0.3 is 10.1 Å². The van der Waals surface area contributed by atoms with Crippen molar-refractivity contribution >= 4 is 17.2 Å². The second-order valence-electron chi connectivity index (χ2n) is 4.39. The molecule has 0 bridgehead atoms. The second-order valence-corrected chi connectivity index (χ2v) is 5.25. The molecule has 0 radical (unpaired) electrons. The smallest absolute Gasteiger partial charge is 0.263 e. The Hall–Kier alpha value is -0.940. The summed E-state index contributed by atoms with van der Waals surface area (Å²) in [6.07, 6.45) is 3.37. The first-order chi connectivity index (χ1) is 8.27. The van der Waals surface area contributed by atoms with Crippen LogP contribution in [0.2, 0.25) is 0 Å². The van der Waals surface area contributed by atoms with Gasteiger partial charge in [-0.25, -0.2) is 4.98 Å². The van der Waals surface area contributed by atoms with E-state index in [4.69, 9.17) is 4.74 Å². The number of nitrogens with zero attached hydrogens (tertiary/aromatic N) is 1. The van der Waals surface area contributed by atoms with Crippen molar-refractivity contribution in [2.45, 2.75) is 26.2 Å². The van der Waals surface area contributed by atoms with E-state index in [0.717, 1.165) is 43.2 Å². The molecule has 1 aromatic heterocycles. The van der Waals surface area contributed by atoms with Crippen LogP contribution in [0, 0.1) is 12.8 Å². The summed E-state index contributed by atoms with van der Waals surface area (Å²) >= 11 is 1.40. The first-order valence-corrected chi connectivity index (χ1v) is 6.91. The molecule has 1 fully saturated rings. The van der Waals surface area contributed by atoms with Crippen LogP contribution in [0.25, 0.3) is 0 Å². The third-order valence-electron chi connectivity index (χ3n) is 3.04. The third-order valence-corrected chi connectivity index (χ3v) is 3.97. The number of ether oxygens (including phenoxy) is 1. The van der Waals surface area contributed by atoms with Crippen LogP contribution in [0.1, 0.15) is 34.6 Å². The van der Waals surface area contributed by atoms with Gasteiger partial charge in [0.2, 0.25) is 0 Å². The normalized spacial score (nSPS) is 20.2. The lowest BCUT2D eigenvalue weighted by atomic mass is 9.99. The largest absolute Gasteiger partial charge is 0.381 e. The van der Waals surface area contributed by atoms with Gasteiger partial charge >= 0.3 is 0 Å². The lowest BCUT2D eigenvalue weighted by Crippen LogP contribution is -2.28. The maximum Gasteiger partial charge on any atom is 0.263 e. The summed E-state index contributed by atoms with van der Waals surface area (Å²) in [5.74, 6) is 0.605. The summed E-state index contributed by atoms with van der Waals surface area (Å²) in [7, 11) is 0. The number of hydrogen-bond acceptors (Lipinski definition) is 4. The van der Waals surface area contributed by atoms with Crippen LogP contribution >= 0.6 is 11.3 Å². The lowest BCUT2D eigenvalue weighted by molar-refractivity contribution is 0.0514. The quantitative estimate of drug-likeness (QED) is 0.894. The van der Waals surface area contributed by atoms with E-state index < -0.39 is 0 Å². The number of nitrogens with one attached hydrogen (secondary N) is 1. The van der Waals surface area contributed by atoms with Crippen molar-refractivity contribution in [3.05, 3.63) is 16.1 Å².